The molecule has 1 rings (SSSR count). The number of nitrogens with one attached hydrogen (secondary N) is 1. The van der Waals surface area contributed by atoms with E-state index in [4.69, 9.17) is 0 Å². The molecule has 0 aliphatic heterocycles. The van der Waals surface area contributed by atoms with Gasteiger partial charge in [0.25, 0.3) is 0 Å². The standard InChI is InChI=1S/C15H21F2NO2S/c1-5-7-13(18-21(19)15(2,3)4)11-8-6-9-12(10-11)20-14(16)17/h5-6,8-10,13-14,18H,1,7H2,2-4H3/t13-,21?/m0/s1. The molecular formula is C15H21F2NO2S. The topological polar surface area (TPSA) is 38.3 Å². The van der Waals surface area contributed by atoms with E-state index in [1.807, 2.05) is 20.8 Å². The zero-order valence-corrected chi connectivity index (χ0v) is 13.3. The second-order valence-electron chi connectivity index (χ2n) is 5.53. The van der Waals surface area contributed by atoms with Crippen LogP contribution in [0.2, 0.25) is 0 Å². The van der Waals surface area contributed by atoms with Crippen molar-refractivity contribution in [3.63, 3.8) is 0 Å². The molecule has 0 aromatic heterocycles. The minimum atomic E-state index is -2.87. The monoisotopic (exact) mass is 317 g/mol. The first-order valence-electron chi connectivity index (χ1n) is 6.57. The Morgan fingerprint density at radius 3 is 2.62 bits per heavy atom. The van der Waals surface area contributed by atoms with E-state index in [-0.39, 0.29) is 11.8 Å². The summed E-state index contributed by atoms with van der Waals surface area (Å²) >= 11 is 0. The van der Waals surface area contributed by atoms with Crippen LogP contribution < -0.4 is 9.46 Å². The molecule has 0 radical (unpaired) electrons. The first-order chi connectivity index (χ1) is 9.74. The first-order valence-corrected chi connectivity index (χ1v) is 7.72. The van der Waals surface area contributed by atoms with E-state index < -0.39 is 22.3 Å². The second kappa shape index (κ2) is 7.66. The van der Waals surface area contributed by atoms with E-state index in [0.29, 0.717) is 6.42 Å². The number of ether oxygens (including phenoxy) is 1. The number of rotatable bonds is 7. The Kier molecular flexibility index (Phi) is 6.48. The lowest BCUT2D eigenvalue weighted by atomic mass is 10.0. The number of alkyl halides is 2. The Balaban J connectivity index is 2.95. The van der Waals surface area contributed by atoms with Gasteiger partial charge in [0.1, 0.15) is 5.75 Å². The Bertz CT molecular complexity index is 501. The van der Waals surface area contributed by atoms with Gasteiger partial charge < -0.3 is 4.74 Å². The highest BCUT2D eigenvalue weighted by molar-refractivity contribution is 7.84. The molecular weight excluding hydrogens is 296 g/mol. The third kappa shape index (κ3) is 5.93. The third-order valence-corrected chi connectivity index (χ3v) is 4.30. The van der Waals surface area contributed by atoms with Gasteiger partial charge in [-0.2, -0.15) is 8.78 Å². The average Bonchev–Trinajstić information content (AvgIpc) is 2.36. The van der Waals surface area contributed by atoms with Crippen LogP contribution >= 0.6 is 0 Å². The molecule has 0 spiro atoms. The van der Waals surface area contributed by atoms with Crippen LogP contribution in [-0.4, -0.2) is 15.6 Å². The third-order valence-electron chi connectivity index (χ3n) is 2.69. The molecule has 1 unspecified atom stereocenters. The fourth-order valence-corrected chi connectivity index (χ4v) is 2.48. The largest absolute Gasteiger partial charge is 0.435 e. The molecule has 2 atom stereocenters. The minimum absolute atomic E-state index is 0.0832. The number of benzene rings is 1. The maximum atomic E-state index is 12.3. The van der Waals surface area contributed by atoms with Gasteiger partial charge in [0.2, 0.25) is 0 Å². The average molecular weight is 317 g/mol. The van der Waals surface area contributed by atoms with Crippen LogP contribution in [0.25, 0.3) is 0 Å². The molecule has 0 aliphatic rings. The lowest BCUT2D eigenvalue weighted by molar-refractivity contribution is -0.0499. The first kappa shape index (κ1) is 17.8. The summed E-state index contributed by atoms with van der Waals surface area (Å²) in [6.45, 7) is 6.39. The van der Waals surface area contributed by atoms with Crippen molar-refractivity contribution in [2.75, 3.05) is 0 Å². The minimum Gasteiger partial charge on any atom is -0.435 e. The van der Waals surface area contributed by atoms with Gasteiger partial charge >= 0.3 is 6.61 Å². The molecule has 0 heterocycles. The van der Waals surface area contributed by atoms with Crippen LogP contribution in [0.4, 0.5) is 8.78 Å². The van der Waals surface area contributed by atoms with Crippen LogP contribution in [-0.2, 0) is 11.0 Å². The predicted molar refractivity (Wildman–Crippen MR) is 81.7 cm³/mol. The van der Waals surface area contributed by atoms with E-state index in [2.05, 4.69) is 16.0 Å². The summed E-state index contributed by atoms with van der Waals surface area (Å²) in [7, 11) is -1.27. The van der Waals surface area contributed by atoms with Gasteiger partial charge in [0, 0.05) is 6.04 Å². The quantitative estimate of drug-likeness (QED) is 0.773. The number of halogens is 2. The van der Waals surface area contributed by atoms with Gasteiger partial charge in [0.15, 0.2) is 0 Å². The van der Waals surface area contributed by atoms with Crippen molar-refractivity contribution in [2.24, 2.45) is 0 Å². The summed E-state index contributed by atoms with van der Waals surface area (Å²) in [4.78, 5) is 0. The molecule has 1 N–H and O–H groups in total. The van der Waals surface area contributed by atoms with Gasteiger partial charge in [-0.3, -0.25) is 0 Å². The molecule has 1 aromatic carbocycles. The lowest BCUT2D eigenvalue weighted by Crippen LogP contribution is -2.35. The van der Waals surface area contributed by atoms with Crippen molar-refractivity contribution in [3.8, 4) is 5.75 Å². The van der Waals surface area contributed by atoms with E-state index in [1.54, 1.807) is 18.2 Å². The Labute approximate surface area is 127 Å². The van der Waals surface area contributed by atoms with Crippen molar-refractivity contribution in [3.05, 3.63) is 42.5 Å². The summed E-state index contributed by atoms with van der Waals surface area (Å²) in [5.41, 5.74) is 0.727. The van der Waals surface area contributed by atoms with E-state index in [9.17, 15) is 13.0 Å². The van der Waals surface area contributed by atoms with Gasteiger partial charge in [-0.15, -0.1) is 6.58 Å². The highest BCUT2D eigenvalue weighted by Crippen LogP contribution is 2.25. The molecule has 3 nitrogen and oxygen atoms in total. The smallest absolute Gasteiger partial charge is 0.387 e. The fourth-order valence-electron chi connectivity index (χ4n) is 1.63. The van der Waals surface area contributed by atoms with E-state index in [0.717, 1.165) is 5.56 Å². The Morgan fingerprint density at radius 2 is 2.10 bits per heavy atom. The molecule has 118 valence electrons. The predicted octanol–water partition coefficient (Wildman–Crippen LogP) is 3.96. The van der Waals surface area contributed by atoms with Gasteiger partial charge in [-0.05, 0) is 44.9 Å². The summed E-state index contributed by atoms with van der Waals surface area (Å²) in [5, 5.41) is 0. The molecule has 0 saturated heterocycles. The van der Waals surface area contributed by atoms with Crippen molar-refractivity contribution in [2.45, 2.75) is 44.6 Å². The van der Waals surface area contributed by atoms with Crippen molar-refractivity contribution >= 4 is 11.0 Å². The highest BCUT2D eigenvalue weighted by Gasteiger charge is 2.23. The van der Waals surface area contributed by atoms with E-state index in [1.165, 1.54) is 12.1 Å². The maximum Gasteiger partial charge on any atom is 0.387 e. The Hall–Kier alpha value is -1.27. The number of hydrogen-bond acceptors (Lipinski definition) is 2. The van der Waals surface area contributed by atoms with Crippen molar-refractivity contribution in [1.82, 2.24) is 4.72 Å². The Morgan fingerprint density at radius 1 is 1.43 bits per heavy atom. The molecule has 21 heavy (non-hydrogen) atoms. The normalized spacial score (nSPS) is 14.8. The molecule has 0 saturated carbocycles. The summed E-state index contributed by atoms with van der Waals surface area (Å²) in [5.74, 6) is 0.0832. The molecule has 0 amide bonds. The van der Waals surface area contributed by atoms with E-state index >= 15 is 0 Å². The summed E-state index contributed by atoms with van der Waals surface area (Å²) < 4.78 is 43.7. The molecule has 0 aliphatic carbocycles. The highest BCUT2D eigenvalue weighted by atomic mass is 32.2. The fraction of sp³-hybridized carbons (Fsp3) is 0.467. The molecule has 6 heteroatoms. The summed E-state index contributed by atoms with van der Waals surface area (Å²) in [6.07, 6.45) is 2.22. The zero-order valence-electron chi connectivity index (χ0n) is 12.4. The molecule has 0 fully saturated rings. The van der Waals surface area contributed by atoms with Crippen LogP contribution in [0.15, 0.2) is 36.9 Å². The zero-order chi connectivity index (χ0) is 16.0. The van der Waals surface area contributed by atoms with Crippen molar-refractivity contribution in [1.29, 1.82) is 0 Å². The molecule has 0 bridgehead atoms. The SMILES string of the molecule is C=CC[C@H](NS(=O)C(C)(C)C)c1cccc(OC(F)F)c1. The van der Waals surface area contributed by atoms with Gasteiger partial charge in [0.05, 0.1) is 15.7 Å². The van der Waals surface area contributed by atoms with Crippen LogP contribution in [0.1, 0.15) is 38.8 Å². The second-order valence-corrected chi connectivity index (χ2v) is 7.52. The van der Waals surface area contributed by atoms with Crippen LogP contribution in [0, 0.1) is 0 Å². The van der Waals surface area contributed by atoms with Gasteiger partial charge in [-0.1, -0.05) is 18.2 Å². The van der Waals surface area contributed by atoms with Crippen LogP contribution in [0.5, 0.6) is 5.75 Å². The van der Waals surface area contributed by atoms with Crippen molar-refractivity contribution < 1.29 is 17.7 Å². The molecule has 1 aromatic rings. The van der Waals surface area contributed by atoms with Crippen LogP contribution in [0.3, 0.4) is 0 Å². The summed E-state index contributed by atoms with van der Waals surface area (Å²) in [6, 6.07) is 6.11. The van der Waals surface area contributed by atoms with Gasteiger partial charge in [-0.25, -0.2) is 8.93 Å². The number of hydrogen-bond donors (Lipinski definition) is 1. The lowest BCUT2D eigenvalue weighted by Gasteiger charge is -2.24. The maximum absolute atomic E-state index is 12.3.